The van der Waals surface area contributed by atoms with E-state index in [0.29, 0.717) is 29.2 Å². The predicted molar refractivity (Wildman–Crippen MR) is 117 cm³/mol. The average Bonchev–Trinajstić information content (AvgIpc) is 3.06. The molecule has 2 aromatic rings. The topological polar surface area (TPSA) is 111 Å². The van der Waals surface area contributed by atoms with Gasteiger partial charge >= 0.3 is 5.97 Å². The highest BCUT2D eigenvalue weighted by molar-refractivity contribution is 6.14. The molecule has 0 saturated heterocycles. The lowest BCUT2D eigenvalue weighted by molar-refractivity contribution is -0.142. The standard InChI is InChI=1S/C24H25NO7/c1-14(2)10-19(24(28)29)25-22(26)13-31-17-8-9-18-20(12-17)32-21(23(18)27)11-15-4-6-16(30-3)7-5-15/h4-9,11-12,14,19H,10,13H2,1-3H3,(H,25,26)(H,28,29)/t19-/m1/s1. The van der Waals surface area contributed by atoms with Crippen molar-refractivity contribution in [3.63, 3.8) is 0 Å². The van der Waals surface area contributed by atoms with Crippen LogP contribution < -0.4 is 19.5 Å². The summed E-state index contributed by atoms with van der Waals surface area (Å²) < 4.78 is 16.3. The number of amides is 1. The zero-order valence-corrected chi connectivity index (χ0v) is 18.1. The van der Waals surface area contributed by atoms with E-state index in [1.807, 2.05) is 26.0 Å². The molecule has 0 radical (unpaired) electrons. The Morgan fingerprint density at radius 2 is 1.81 bits per heavy atom. The first-order valence-electron chi connectivity index (χ1n) is 10.1. The Kier molecular flexibility index (Phi) is 7.14. The molecule has 1 aliphatic heterocycles. The van der Waals surface area contributed by atoms with Crippen molar-refractivity contribution in [2.45, 2.75) is 26.3 Å². The quantitative estimate of drug-likeness (QED) is 0.577. The van der Waals surface area contributed by atoms with Crippen molar-refractivity contribution >= 4 is 23.7 Å². The zero-order chi connectivity index (χ0) is 23.3. The van der Waals surface area contributed by atoms with Crippen LogP contribution in [0.3, 0.4) is 0 Å². The molecule has 3 rings (SSSR count). The molecule has 0 bridgehead atoms. The second-order valence-corrected chi connectivity index (χ2v) is 7.75. The number of Topliss-reactive ketones (excluding diaryl/α,β-unsaturated/α-hetero) is 1. The van der Waals surface area contributed by atoms with Crippen molar-refractivity contribution in [1.29, 1.82) is 0 Å². The summed E-state index contributed by atoms with van der Waals surface area (Å²) in [6.07, 6.45) is 1.95. The summed E-state index contributed by atoms with van der Waals surface area (Å²) in [7, 11) is 1.58. The molecule has 8 heteroatoms. The average molecular weight is 439 g/mol. The summed E-state index contributed by atoms with van der Waals surface area (Å²) in [6, 6.07) is 10.9. The van der Waals surface area contributed by atoms with Crippen molar-refractivity contribution in [2.24, 2.45) is 5.92 Å². The van der Waals surface area contributed by atoms with Crippen LogP contribution in [0, 0.1) is 5.92 Å². The summed E-state index contributed by atoms with van der Waals surface area (Å²) in [4.78, 5) is 36.0. The lowest BCUT2D eigenvalue weighted by Gasteiger charge is -2.16. The lowest BCUT2D eigenvalue weighted by Crippen LogP contribution is -2.43. The van der Waals surface area contributed by atoms with Gasteiger partial charge in [0, 0.05) is 6.07 Å². The van der Waals surface area contributed by atoms with E-state index >= 15 is 0 Å². The van der Waals surface area contributed by atoms with Crippen molar-refractivity contribution in [2.75, 3.05) is 13.7 Å². The molecule has 1 heterocycles. The van der Waals surface area contributed by atoms with E-state index in [0.717, 1.165) is 5.56 Å². The van der Waals surface area contributed by atoms with Gasteiger partial charge in [0.05, 0.1) is 12.7 Å². The molecule has 2 aromatic carbocycles. The van der Waals surface area contributed by atoms with Crippen LogP contribution >= 0.6 is 0 Å². The van der Waals surface area contributed by atoms with Crippen molar-refractivity contribution < 1.29 is 33.7 Å². The number of carboxylic acids is 1. The molecule has 1 amide bonds. The minimum atomic E-state index is -1.09. The van der Waals surface area contributed by atoms with Crippen molar-refractivity contribution in [3.05, 3.63) is 59.4 Å². The van der Waals surface area contributed by atoms with Crippen LogP contribution in [0.25, 0.3) is 6.08 Å². The number of ether oxygens (including phenoxy) is 3. The summed E-state index contributed by atoms with van der Waals surface area (Å²) >= 11 is 0. The molecular weight excluding hydrogens is 414 g/mol. The maximum atomic E-state index is 12.6. The van der Waals surface area contributed by atoms with Crippen molar-refractivity contribution in [3.8, 4) is 17.2 Å². The third kappa shape index (κ3) is 5.66. The van der Waals surface area contributed by atoms with E-state index in [1.54, 1.807) is 37.5 Å². The van der Waals surface area contributed by atoms with Gasteiger partial charge in [-0.25, -0.2) is 4.79 Å². The highest BCUT2D eigenvalue weighted by atomic mass is 16.5. The van der Waals surface area contributed by atoms with Gasteiger partial charge in [0.1, 0.15) is 23.3 Å². The normalized spacial score (nSPS) is 14.6. The third-order valence-corrected chi connectivity index (χ3v) is 4.77. The lowest BCUT2D eigenvalue weighted by atomic mass is 10.0. The second-order valence-electron chi connectivity index (χ2n) is 7.75. The van der Waals surface area contributed by atoms with Crippen LogP contribution in [-0.2, 0) is 9.59 Å². The highest BCUT2D eigenvalue weighted by Crippen LogP contribution is 2.35. The van der Waals surface area contributed by atoms with Crippen LogP contribution in [-0.4, -0.2) is 42.5 Å². The molecule has 0 saturated carbocycles. The molecule has 0 aromatic heterocycles. The minimum Gasteiger partial charge on any atom is -0.497 e. The van der Waals surface area contributed by atoms with Gasteiger partial charge in [0.15, 0.2) is 12.4 Å². The van der Waals surface area contributed by atoms with Gasteiger partial charge in [0.25, 0.3) is 5.91 Å². The van der Waals surface area contributed by atoms with Gasteiger partial charge < -0.3 is 24.6 Å². The van der Waals surface area contributed by atoms with Gasteiger partial charge in [-0.3, -0.25) is 9.59 Å². The largest absolute Gasteiger partial charge is 0.497 e. The Balaban J connectivity index is 1.63. The Morgan fingerprint density at radius 3 is 2.44 bits per heavy atom. The number of carbonyl (C=O) groups is 3. The van der Waals surface area contributed by atoms with Crippen LogP contribution in [0.5, 0.6) is 17.2 Å². The number of nitrogens with one attached hydrogen (secondary N) is 1. The molecule has 32 heavy (non-hydrogen) atoms. The second kappa shape index (κ2) is 10.00. The minimum absolute atomic E-state index is 0.115. The number of allylic oxidation sites excluding steroid dienone is 1. The summed E-state index contributed by atoms with van der Waals surface area (Å²) in [5, 5.41) is 11.7. The molecule has 2 N–H and O–H groups in total. The molecule has 0 fully saturated rings. The number of aliphatic carboxylic acids is 1. The first kappa shape index (κ1) is 22.9. The maximum absolute atomic E-state index is 12.6. The van der Waals surface area contributed by atoms with Gasteiger partial charge in [-0.05, 0) is 48.2 Å². The van der Waals surface area contributed by atoms with E-state index in [1.165, 1.54) is 6.07 Å². The van der Waals surface area contributed by atoms with E-state index < -0.39 is 17.9 Å². The van der Waals surface area contributed by atoms with Gasteiger partial charge in [0.2, 0.25) is 5.78 Å². The fourth-order valence-electron chi connectivity index (χ4n) is 3.19. The number of methoxy groups -OCH3 is 1. The van der Waals surface area contributed by atoms with E-state index in [2.05, 4.69) is 5.32 Å². The monoisotopic (exact) mass is 439 g/mol. The fraction of sp³-hybridized carbons (Fsp3) is 0.292. The van der Waals surface area contributed by atoms with Gasteiger partial charge in [-0.2, -0.15) is 0 Å². The number of hydrogen-bond acceptors (Lipinski definition) is 6. The number of carboxylic acid groups (broad SMARTS) is 1. The fourth-order valence-corrected chi connectivity index (χ4v) is 3.19. The SMILES string of the molecule is COc1ccc(C=C2Oc3cc(OCC(=O)N[C@H](CC(C)C)C(=O)O)ccc3C2=O)cc1. The zero-order valence-electron chi connectivity index (χ0n) is 18.1. The summed E-state index contributed by atoms with van der Waals surface area (Å²) in [5.74, 6) is -0.230. The number of hydrogen-bond donors (Lipinski definition) is 2. The summed E-state index contributed by atoms with van der Waals surface area (Å²) in [5.41, 5.74) is 1.17. The Morgan fingerprint density at radius 1 is 1.12 bits per heavy atom. The highest BCUT2D eigenvalue weighted by Gasteiger charge is 2.28. The maximum Gasteiger partial charge on any atom is 0.326 e. The molecule has 168 valence electrons. The molecule has 1 aliphatic rings. The van der Waals surface area contributed by atoms with Gasteiger partial charge in [-0.15, -0.1) is 0 Å². The summed E-state index contributed by atoms with van der Waals surface area (Å²) in [6.45, 7) is 3.40. The molecule has 0 aliphatic carbocycles. The molecule has 1 atom stereocenters. The van der Waals surface area contributed by atoms with E-state index in [-0.39, 0.29) is 24.1 Å². The predicted octanol–water partition coefficient (Wildman–Crippen LogP) is 3.31. The van der Waals surface area contributed by atoms with Crippen LogP contribution in [0.15, 0.2) is 48.2 Å². The van der Waals surface area contributed by atoms with Crippen LogP contribution in [0.1, 0.15) is 36.2 Å². The van der Waals surface area contributed by atoms with Crippen molar-refractivity contribution in [1.82, 2.24) is 5.32 Å². The molecule has 8 nitrogen and oxygen atoms in total. The van der Waals surface area contributed by atoms with Crippen LogP contribution in [0.4, 0.5) is 0 Å². The smallest absolute Gasteiger partial charge is 0.326 e. The van der Waals surface area contributed by atoms with Gasteiger partial charge in [-0.1, -0.05) is 26.0 Å². The van der Waals surface area contributed by atoms with Crippen LogP contribution in [0.2, 0.25) is 0 Å². The molecule has 0 spiro atoms. The molecule has 0 unspecified atom stereocenters. The first-order valence-corrected chi connectivity index (χ1v) is 10.1. The molecular formula is C24H25NO7. The Hall–Kier alpha value is -3.81. The number of benzene rings is 2. The Labute approximate surface area is 185 Å². The number of carbonyl (C=O) groups excluding carboxylic acids is 2. The van der Waals surface area contributed by atoms with E-state index in [9.17, 15) is 19.5 Å². The Bertz CT molecular complexity index is 1040. The first-order chi connectivity index (χ1) is 15.3. The number of ketones is 1. The van der Waals surface area contributed by atoms with E-state index in [4.69, 9.17) is 14.2 Å². The third-order valence-electron chi connectivity index (χ3n) is 4.77. The number of fused-ring (bicyclic) bond motifs is 1. The number of rotatable bonds is 9.